The maximum atomic E-state index is 6.45. The van der Waals surface area contributed by atoms with Crippen molar-refractivity contribution >= 4 is 23.2 Å². The summed E-state index contributed by atoms with van der Waals surface area (Å²) in [6, 6.07) is 3.75. The van der Waals surface area contributed by atoms with E-state index in [1.54, 1.807) is 6.07 Å². The smallest absolute Gasteiger partial charge is 0.139 e. The zero-order valence-corrected chi connectivity index (χ0v) is 14.3. The van der Waals surface area contributed by atoms with Gasteiger partial charge in [0, 0.05) is 11.1 Å². The molecule has 0 bridgehead atoms. The molecule has 1 N–H and O–H groups in total. The van der Waals surface area contributed by atoms with Gasteiger partial charge in [-0.3, -0.25) is 0 Å². The van der Waals surface area contributed by atoms with E-state index in [0.717, 1.165) is 24.9 Å². The van der Waals surface area contributed by atoms with Crippen LogP contribution < -0.4 is 10.1 Å². The van der Waals surface area contributed by atoms with Crippen LogP contribution in [0.25, 0.3) is 0 Å². The van der Waals surface area contributed by atoms with Gasteiger partial charge in [-0.25, -0.2) is 0 Å². The van der Waals surface area contributed by atoms with Gasteiger partial charge in [0.2, 0.25) is 0 Å². The fourth-order valence-corrected chi connectivity index (χ4v) is 3.29. The minimum absolute atomic E-state index is 0.0561. The third-order valence-corrected chi connectivity index (χ3v) is 4.37. The van der Waals surface area contributed by atoms with Crippen LogP contribution in [0.15, 0.2) is 12.1 Å². The second-order valence-electron chi connectivity index (χ2n) is 5.34. The Balaban J connectivity index is 2.29. The van der Waals surface area contributed by atoms with Gasteiger partial charge in [-0.05, 0) is 44.9 Å². The minimum atomic E-state index is 0.0561. The van der Waals surface area contributed by atoms with E-state index in [2.05, 4.69) is 19.2 Å². The molecule has 1 fully saturated rings. The Bertz CT molecular complexity index is 482. The predicted molar refractivity (Wildman–Crippen MR) is 87.6 cm³/mol. The molecule has 0 aromatic heterocycles. The first-order valence-electron chi connectivity index (χ1n) is 7.57. The van der Waals surface area contributed by atoms with E-state index < -0.39 is 0 Å². The van der Waals surface area contributed by atoms with Crippen molar-refractivity contribution < 1.29 is 9.47 Å². The van der Waals surface area contributed by atoms with Crippen molar-refractivity contribution in [3.05, 3.63) is 27.7 Å². The van der Waals surface area contributed by atoms with Crippen molar-refractivity contribution in [2.75, 3.05) is 13.2 Å². The Kier molecular flexibility index (Phi) is 6.18. The molecular formula is C16H23Cl2NO2. The van der Waals surface area contributed by atoms with Crippen LogP contribution in [-0.4, -0.2) is 25.4 Å². The van der Waals surface area contributed by atoms with Crippen molar-refractivity contribution in [1.29, 1.82) is 0 Å². The van der Waals surface area contributed by atoms with E-state index >= 15 is 0 Å². The molecule has 0 spiro atoms. The van der Waals surface area contributed by atoms with E-state index in [1.165, 1.54) is 0 Å². The highest BCUT2D eigenvalue weighted by Gasteiger charge is 2.31. The van der Waals surface area contributed by atoms with Gasteiger partial charge >= 0.3 is 0 Å². The van der Waals surface area contributed by atoms with Crippen molar-refractivity contribution in [3.8, 4) is 5.75 Å². The van der Waals surface area contributed by atoms with Crippen molar-refractivity contribution in [2.24, 2.45) is 0 Å². The zero-order chi connectivity index (χ0) is 15.4. The van der Waals surface area contributed by atoms with Gasteiger partial charge in [-0.1, -0.05) is 30.1 Å². The summed E-state index contributed by atoms with van der Waals surface area (Å²) >= 11 is 12.8. The maximum absolute atomic E-state index is 6.45. The van der Waals surface area contributed by atoms with Gasteiger partial charge < -0.3 is 14.8 Å². The lowest BCUT2D eigenvalue weighted by Gasteiger charge is -2.26. The highest BCUT2D eigenvalue weighted by molar-refractivity contribution is 6.34. The molecule has 3 nitrogen and oxygen atoms in total. The number of benzene rings is 1. The molecule has 1 heterocycles. The number of ether oxygens (including phenoxy) is 2. The summed E-state index contributed by atoms with van der Waals surface area (Å²) in [7, 11) is 0. The number of rotatable bonds is 6. The van der Waals surface area contributed by atoms with Crippen LogP contribution >= 0.6 is 23.2 Å². The van der Waals surface area contributed by atoms with E-state index in [4.69, 9.17) is 32.7 Å². The van der Waals surface area contributed by atoms with Crippen LogP contribution in [0.3, 0.4) is 0 Å². The monoisotopic (exact) mass is 331 g/mol. The molecule has 1 aliphatic heterocycles. The lowest BCUT2D eigenvalue weighted by atomic mass is 9.98. The number of likely N-dealkylation sites (N-methyl/N-ethyl adjacent to an activating group) is 1. The second-order valence-corrected chi connectivity index (χ2v) is 6.15. The van der Waals surface area contributed by atoms with E-state index in [9.17, 15) is 0 Å². The number of hydrogen-bond donors (Lipinski definition) is 1. The molecule has 118 valence electrons. The average molecular weight is 332 g/mol. The van der Waals surface area contributed by atoms with Crippen LogP contribution in [-0.2, 0) is 4.74 Å². The zero-order valence-electron chi connectivity index (χ0n) is 12.8. The summed E-state index contributed by atoms with van der Waals surface area (Å²) in [6.45, 7) is 7.52. The molecule has 1 aliphatic rings. The summed E-state index contributed by atoms with van der Waals surface area (Å²) in [5.41, 5.74) is 0.978. The molecule has 0 saturated carbocycles. The summed E-state index contributed by atoms with van der Waals surface area (Å²) in [4.78, 5) is 0. The molecule has 0 amide bonds. The number of halogens is 2. The van der Waals surface area contributed by atoms with Crippen molar-refractivity contribution in [2.45, 2.75) is 51.9 Å². The lowest BCUT2D eigenvalue weighted by Crippen LogP contribution is -2.32. The van der Waals surface area contributed by atoms with Crippen LogP contribution in [0, 0.1) is 0 Å². The summed E-state index contributed by atoms with van der Waals surface area (Å²) in [5.74, 6) is 0.629. The first-order chi connectivity index (χ1) is 10.1. The highest BCUT2D eigenvalue weighted by atomic mass is 35.5. The number of hydrogen-bond acceptors (Lipinski definition) is 3. The Labute approximate surface area is 136 Å². The first-order valence-corrected chi connectivity index (χ1v) is 8.33. The molecule has 0 radical (unpaired) electrons. The third kappa shape index (κ3) is 4.04. The Hall–Kier alpha value is -0.480. The van der Waals surface area contributed by atoms with E-state index in [1.807, 2.05) is 13.0 Å². The van der Waals surface area contributed by atoms with Crippen LogP contribution in [0.2, 0.25) is 10.0 Å². The topological polar surface area (TPSA) is 30.5 Å². The predicted octanol–water partition coefficient (Wildman–Crippen LogP) is 4.61. The fourth-order valence-electron chi connectivity index (χ4n) is 2.79. The molecule has 0 aliphatic carbocycles. The summed E-state index contributed by atoms with van der Waals surface area (Å²) in [6.07, 6.45) is 2.54. The van der Waals surface area contributed by atoms with Crippen LogP contribution in [0.1, 0.15) is 45.2 Å². The normalized spacial score (nSPS) is 23.3. The van der Waals surface area contributed by atoms with Crippen LogP contribution in [0.5, 0.6) is 5.75 Å². The molecule has 21 heavy (non-hydrogen) atoms. The first kappa shape index (κ1) is 16.9. The van der Waals surface area contributed by atoms with Gasteiger partial charge in [0.15, 0.2) is 0 Å². The molecule has 2 rings (SSSR count). The van der Waals surface area contributed by atoms with Gasteiger partial charge in [0.25, 0.3) is 0 Å². The van der Waals surface area contributed by atoms with Gasteiger partial charge in [0.1, 0.15) is 5.75 Å². The largest absolute Gasteiger partial charge is 0.492 e. The molecular weight excluding hydrogens is 309 g/mol. The van der Waals surface area contributed by atoms with Gasteiger partial charge in [-0.15, -0.1) is 0 Å². The SMILES string of the molecule is CCNC(c1cc(Cl)c(OCC)cc1Cl)C1CCC(C)O1. The standard InChI is InChI=1S/C16H23Cl2NO2/c1-4-19-16(14-7-6-10(3)21-14)11-8-13(18)15(20-5-2)9-12(11)17/h8-10,14,16,19H,4-7H2,1-3H3. The lowest BCUT2D eigenvalue weighted by molar-refractivity contribution is 0.0319. The maximum Gasteiger partial charge on any atom is 0.139 e. The van der Waals surface area contributed by atoms with Crippen molar-refractivity contribution in [3.63, 3.8) is 0 Å². The van der Waals surface area contributed by atoms with E-state index in [0.29, 0.717) is 28.5 Å². The molecule has 3 atom stereocenters. The molecule has 1 aromatic carbocycles. The highest BCUT2D eigenvalue weighted by Crippen LogP contribution is 2.38. The van der Waals surface area contributed by atoms with Gasteiger partial charge in [-0.2, -0.15) is 0 Å². The molecule has 3 unspecified atom stereocenters. The third-order valence-electron chi connectivity index (χ3n) is 3.75. The second kappa shape index (κ2) is 7.68. The Morgan fingerprint density at radius 1 is 1.29 bits per heavy atom. The average Bonchev–Trinajstić information content (AvgIpc) is 2.87. The van der Waals surface area contributed by atoms with Crippen molar-refractivity contribution in [1.82, 2.24) is 5.32 Å². The van der Waals surface area contributed by atoms with Gasteiger partial charge in [0.05, 0.1) is 29.9 Å². The molecule has 1 aromatic rings. The summed E-state index contributed by atoms with van der Waals surface area (Å²) in [5, 5.41) is 4.72. The fraction of sp³-hybridized carbons (Fsp3) is 0.625. The number of nitrogens with one attached hydrogen (secondary N) is 1. The van der Waals surface area contributed by atoms with E-state index in [-0.39, 0.29) is 12.1 Å². The quantitative estimate of drug-likeness (QED) is 0.825. The Morgan fingerprint density at radius 2 is 2.05 bits per heavy atom. The Morgan fingerprint density at radius 3 is 2.62 bits per heavy atom. The molecule has 5 heteroatoms. The summed E-state index contributed by atoms with van der Waals surface area (Å²) < 4.78 is 11.5. The molecule has 1 saturated heterocycles. The van der Waals surface area contributed by atoms with Crippen LogP contribution in [0.4, 0.5) is 0 Å². The minimum Gasteiger partial charge on any atom is -0.492 e.